The van der Waals surface area contributed by atoms with E-state index in [-0.39, 0.29) is 34.6 Å². The molecule has 1 fully saturated rings. The fourth-order valence-corrected chi connectivity index (χ4v) is 5.27. The first kappa shape index (κ1) is 18.2. The molecule has 0 amide bonds. The summed E-state index contributed by atoms with van der Waals surface area (Å²) in [5.41, 5.74) is 0.169. The van der Waals surface area contributed by atoms with Crippen molar-refractivity contribution in [2.75, 3.05) is 38.3 Å². The molecular formula is C19H15F2N3O4S. The molecule has 4 aromatic rings. The van der Waals surface area contributed by atoms with Crippen LogP contribution in [-0.2, 0) is 4.74 Å². The lowest BCUT2D eigenvalue weighted by Crippen LogP contribution is -2.44. The molecule has 29 heavy (non-hydrogen) atoms. The van der Waals surface area contributed by atoms with E-state index >= 15 is 4.39 Å². The van der Waals surface area contributed by atoms with Crippen molar-refractivity contribution in [2.45, 2.75) is 6.10 Å². The molecule has 0 spiro atoms. The van der Waals surface area contributed by atoms with Gasteiger partial charge in [0.05, 0.1) is 39.5 Å². The average molecular weight is 419 g/mol. The Hall–Kier alpha value is -2.85. The summed E-state index contributed by atoms with van der Waals surface area (Å²) in [5, 5.41) is 12.2. The molecule has 1 atom stereocenters. The van der Waals surface area contributed by atoms with Crippen molar-refractivity contribution in [1.29, 1.82) is 0 Å². The fraction of sp³-hybridized carbons (Fsp3) is 0.316. The number of carboxylic acids is 1. The van der Waals surface area contributed by atoms with Gasteiger partial charge in [-0.2, -0.15) is 0 Å². The number of alkyl halides is 1. The van der Waals surface area contributed by atoms with Crippen LogP contribution in [0.1, 0.15) is 10.4 Å². The number of hydrogen-bond donors (Lipinski definition) is 1. The highest BCUT2D eigenvalue weighted by atomic mass is 32.1. The minimum Gasteiger partial charge on any atom is -0.477 e. The number of aromatic nitrogens is 1. The Morgan fingerprint density at radius 3 is 2.97 bits per heavy atom. The third kappa shape index (κ3) is 2.32. The second kappa shape index (κ2) is 6.33. The van der Waals surface area contributed by atoms with E-state index in [2.05, 4.69) is 4.99 Å². The van der Waals surface area contributed by atoms with E-state index in [4.69, 9.17) is 4.74 Å². The summed E-state index contributed by atoms with van der Waals surface area (Å²) < 4.78 is 35.5. The number of halogens is 2. The van der Waals surface area contributed by atoms with E-state index in [1.165, 1.54) is 0 Å². The molecule has 0 aliphatic carbocycles. The number of pyridine rings is 1. The zero-order valence-corrected chi connectivity index (χ0v) is 16.1. The third-order valence-corrected chi connectivity index (χ3v) is 6.36. The number of carbonyl (C=O) groups is 1. The first-order chi connectivity index (χ1) is 14.0. The number of nitrogens with zero attached hydrogens (tertiary/aromatic N) is 3. The molecule has 1 N–H and O–H groups in total. The van der Waals surface area contributed by atoms with Gasteiger partial charge < -0.3 is 14.7 Å². The number of thiazole rings is 1. The maximum atomic E-state index is 15.3. The Bertz CT molecular complexity index is 1400. The van der Waals surface area contributed by atoms with Crippen LogP contribution in [0.15, 0.2) is 21.2 Å². The topological polar surface area (TPSA) is 83.6 Å². The summed E-state index contributed by atoms with van der Waals surface area (Å²) in [6, 6.07) is 1.08. The van der Waals surface area contributed by atoms with Gasteiger partial charge in [-0.15, -0.1) is 11.3 Å². The van der Waals surface area contributed by atoms with Crippen LogP contribution in [0, 0.1) is 5.82 Å². The summed E-state index contributed by atoms with van der Waals surface area (Å²) in [4.78, 5) is 31.0. The highest BCUT2D eigenvalue weighted by Crippen LogP contribution is 2.36. The zero-order valence-electron chi connectivity index (χ0n) is 15.2. The number of ether oxygens (including phenoxy) is 1. The molecule has 1 saturated heterocycles. The zero-order chi connectivity index (χ0) is 20.4. The molecule has 1 aliphatic rings. The van der Waals surface area contributed by atoms with E-state index in [0.29, 0.717) is 28.3 Å². The maximum Gasteiger partial charge on any atom is 0.342 e. The first-order valence-corrected chi connectivity index (χ1v) is 9.81. The van der Waals surface area contributed by atoms with Gasteiger partial charge >= 0.3 is 5.97 Å². The first-order valence-electron chi connectivity index (χ1n) is 8.93. The van der Waals surface area contributed by atoms with Crippen LogP contribution in [0.5, 0.6) is 0 Å². The van der Waals surface area contributed by atoms with E-state index in [0.717, 1.165) is 17.4 Å². The summed E-state index contributed by atoms with van der Waals surface area (Å²) in [6.45, 7) is 0.0923. The van der Waals surface area contributed by atoms with Gasteiger partial charge in [-0.05, 0) is 6.07 Å². The lowest BCUT2D eigenvalue weighted by Gasteiger charge is -2.34. The summed E-state index contributed by atoms with van der Waals surface area (Å²) in [7, 11) is 1.56. The molecule has 1 unspecified atom stereocenters. The minimum absolute atomic E-state index is 0.00949. The number of rotatable bonds is 3. The summed E-state index contributed by atoms with van der Waals surface area (Å²) in [6.07, 6.45) is -0.667. The van der Waals surface area contributed by atoms with Crippen molar-refractivity contribution in [3.8, 4) is 0 Å². The Morgan fingerprint density at radius 2 is 2.28 bits per heavy atom. The molecule has 7 nitrogen and oxygen atoms in total. The van der Waals surface area contributed by atoms with Crippen LogP contribution in [0.25, 0.3) is 26.6 Å². The lowest BCUT2D eigenvalue weighted by molar-refractivity contribution is 0.0246. The molecule has 3 aromatic heterocycles. The van der Waals surface area contributed by atoms with Gasteiger partial charge in [0, 0.05) is 25.5 Å². The Balaban J connectivity index is 1.96. The molecule has 1 aliphatic heterocycles. The van der Waals surface area contributed by atoms with E-state index in [1.807, 2.05) is 0 Å². The predicted molar refractivity (Wildman–Crippen MR) is 105 cm³/mol. The number of carboxylic acid groups (broad SMARTS) is 1. The highest BCUT2D eigenvalue weighted by Gasteiger charge is 2.31. The predicted octanol–water partition coefficient (Wildman–Crippen LogP) is 2.09. The second-order valence-electron chi connectivity index (χ2n) is 6.91. The second-order valence-corrected chi connectivity index (χ2v) is 7.77. The van der Waals surface area contributed by atoms with Gasteiger partial charge in [-0.3, -0.25) is 14.2 Å². The summed E-state index contributed by atoms with van der Waals surface area (Å²) in [5.74, 6) is -2.03. The van der Waals surface area contributed by atoms with E-state index in [1.54, 1.807) is 21.7 Å². The molecule has 1 aromatic carbocycles. The van der Waals surface area contributed by atoms with Crippen molar-refractivity contribution >= 4 is 49.6 Å². The molecule has 5 rings (SSSR count). The maximum absolute atomic E-state index is 15.3. The number of anilines is 1. The Kier molecular flexibility index (Phi) is 3.97. The molecule has 0 radical (unpaired) electrons. The van der Waals surface area contributed by atoms with Crippen molar-refractivity contribution in [3.63, 3.8) is 0 Å². The molecule has 4 heterocycles. The number of morpholine rings is 1. The van der Waals surface area contributed by atoms with Crippen molar-refractivity contribution in [1.82, 2.24) is 4.40 Å². The SMILES string of the molecule is CN=c1c2c(N3CCOC(CF)C3)c(F)cc3c(=O)c(C(=O)O)c4scc1n4c32. The highest BCUT2D eigenvalue weighted by molar-refractivity contribution is 7.16. The van der Waals surface area contributed by atoms with Crippen LogP contribution in [0.2, 0.25) is 0 Å². The van der Waals surface area contributed by atoms with Crippen LogP contribution >= 0.6 is 11.3 Å². The monoisotopic (exact) mass is 419 g/mol. The van der Waals surface area contributed by atoms with Gasteiger partial charge in [-0.1, -0.05) is 0 Å². The molecule has 150 valence electrons. The van der Waals surface area contributed by atoms with Gasteiger partial charge in [0.15, 0.2) is 0 Å². The number of aromatic carboxylic acids is 1. The lowest BCUT2D eigenvalue weighted by atomic mass is 10.1. The number of hydrogen-bond acceptors (Lipinski definition) is 6. The number of benzene rings is 1. The van der Waals surface area contributed by atoms with Crippen LogP contribution in [0.3, 0.4) is 0 Å². The minimum atomic E-state index is -1.36. The van der Waals surface area contributed by atoms with Crippen LogP contribution in [0.4, 0.5) is 14.5 Å². The third-order valence-electron chi connectivity index (χ3n) is 5.41. The molecule has 0 saturated carbocycles. The average Bonchev–Trinajstić information content (AvgIpc) is 3.26. The van der Waals surface area contributed by atoms with Gasteiger partial charge in [0.2, 0.25) is 5.43 Å². The molecule has 0 bridgehead atoms. The molecule has 10 heteroatoms. The standard InChI is InChI=1S/C19H15F2N3O4S/c1-22-14-11-7-29-18-13(19(26)27)17(25)9-4-10(21)16(12(14)15(9)24(11)18)23-2-3-28-8(5-20)6-23/h4,7-8H,2-3,5-6H2,1H3,(H,26,27). The molecular weight excluding hydrogens is 404 g/mol. The van der Waals surface area contributed by atoms with Gasteiger partial charge in [0.25, 0.3) is 0 Å². The van der Waals surface area contributed by atoms with Crippen molar-refractivity contribution in [3.05, 3.63) is 38.4 Å². The fourth-order valence-electron chi connectivity index (χ4n) is 4.24. The van der Waals surface area contributed by atoms with Crippen LogP contribution < -0.4 is 15.7 Å². The summed E-state index contributed by atoms with van der Waals surface area (Å²) >= 11 is 1.14. The van der Waals surface area contributed by atoms with Crippen molar-refractivity contribution in [2.24, 2.45) is 4.99 Å². The van der Waals surface area contributed by atoms with Gasteiger partial charge in [0.1, 0.15) is 29.0 Å². The quantitative estimate of drug-likeness (QED) is 0.550. The van der Waals surface area contributed by atoms with E-state index in [9.17, 15) is 19.1 Å². The van der Waals surface area contributed by atoms with Gasteiger partial charge in [-0.25, -0.2) is 13.6 Å². The Morgan fingerprint density at radius 1 is 1.48 bits per heavy atom. The Labute approximate surface area is 165 Å². The normalized spacial score (nSPS) is 18.7. The largest absolute Gasteiger partial charge is 0.477 e. The van der Waals surface area contributed by atoms with Crippen molar-refractivity contribution < 1.29 is 23.4 Å². The van der Waals surface area contributed by atoms with E-state index < -0.39 is 30.0 Å². The smallest absolute Gasteiger partial charge is 0.342 e. The van der Waals surface area contributed by atoms with Crippen LogP contribution in [-0.4, -0.2) is 55.0 Å².